The van der Waals surface area contributed by atoms with Crippen molar-refractivity contribution in [2.75, 3.05) is 13.7 Å². The lowest BCUT2D eigenvalue weighted by Crippen LogP contribution is -2.36. The van der Waals surface area contributed by atoms with Gasteiger partial charge in [-0.2, -0.15) is 0 Å². The molecule has 0 bridgehead atoms. The van der Waals surface area contributed by atoms with Gasteiger partial charge in [0.2, 0.25) is 5.91 Å². The topological polar surface area (TPSA) is 58.6 Å². The number of amides is 1. The molecular formula is C12H16ClNO3. The molecule has 1 atom stereocenters. The summed E-state index contributed by atoms with van der Waals surface area (Å²) in [4.78, 5) is 11.6. The number of nitrogens with one attached hydrogen (secondary N) is 1. The van der Waals surface area contributed by atoms with Crippen LogP contribution in [-0.2, 0) is 11.2 Å². The second kappa shape index (κ2) is 6.47. The molecular weight excluding hydrogens is 242 g/mol. The molecule has 1 rings (SSSR count). The minimum Gasteiger partial charge on any atom is -0.496 e. The quantitative estimate of drug-likeness (QED) is 0.838. The molecule has 1 amide bonds. The number of ether oxygens (including phenoxy) is 1. The number of carbonyl (C=O) groups excluding carboxylic acids is 1. The molecule has 17 heavy (non-hydrogen) atoms. The number of hydrogen-bond donors (Lipinski definition) is 2. The maximum atomic E-state index is 11.6. The van der Waals surface area contributed by atoms with Crippen molar-refractivity contribution in [3.63, 3.8) is 0 Å². The van der Waals surface area contributed by atoms with Gasteiger partial charge < -0.3 is 15.2 Å². The molecule has 0 saturated heterocycles. The fraction of sp³-hybridized carbons (Fsp3) is 0.417. The Kier molecular flexibility index (Phi) is 5.25. The Morgan fingerprint density at radius 2 is 2.29 bits per heavy atom. The second-order valence-corrected chi connectivity index (χ2v) is 4.22. The lowest BCUT2D eigenvalue weighted by molar-refractivity contribution is -0.121. The van der Waals surface area contributed by atoms with E-state index >= 15 is 0 Å². The van der Waals surface area contributed by atoms with Gasteiger partial charge in [-0.05, 0) is 25.1 Å². The molecule has 1 aromatic carbocycles. The number of aliphatic hydroxyl groups excluding tert-OH is 1. The molecule has 0 aliphatic carbocycles. The van der Waals surface area contributed by atoms with Gasteiger partial charge in [-0.25, -0.2) is 0 Å². The van der Waals surface area contributed by atoms with Gasteiger partial charge in [0.1, 0.15) is 5.75 Å². The van der Waals surface area contributed by atoms with Crippen LogP contribution < -0.4 is 10.1 Å². The molecule has 0 aliphatic rings. The first-order valence-corrected chi connectivity index (χ1v) is 5.67. The summed E-state index contributed by atoms with van der Waals surface area (Å²) in [5, 5.41) is 12.1. The van der Waals surface area contributed by atoms with E-state index in [2.05, 4.69) is 5.32 Å². The third-order valence-electron chi connectivity index (χ3n) is 2.27. The highest BCUT2D eigenvalue weighted by atomic mass is 35.5. The Morgan fingerprint density at radius 3 is 2.88 bits per heavy atom. The van der Waals surface area contributed by atoms with Crippen LogP contribution in [0, 0.1) is 0 Å². The summed E-state index contributed by atoms with van der Waals surface area (Å²) in [6.07, 6.45) is 0.175. The van der Waals surface area contributed by atoms with Crippen molar-refractivity contribution in [3.05, 3.63) is 28.8 Å². The van der Waals surface area contributed by atoms with Crippen LogP contribution in [0.2, 0.25) is 5.02 Å². The zero-order chi connectivity index (χ0) is 12.8. The lowest BCUT2D eigenvalue weighted by atomic mass is 10.1. The highest BCUT2D eigenvalue weighted by Crippen LogP contribution is 2.22. The van der Waals surface area contributed by atoms with E-state index in [1.54, 1.807) is 32.2 Å². The van der Waals surface area contributed by atoms with Gasteiger partial charge in [-0.3, -0.25) is 4.79 Å². The standard InChI is InChI=1S/C12H16ClNO3/c1-8(7-15)14-12(16)6-9-5-10(13)3-4-11(9)17-2/h3-5,8,15H,6-7H2,1-2H3,(H,14,16)/t8-/m0/s1. The van der Waals surface area contributed by atoms with Crippen LogP contribution in [0.25, 0.3) is 0 Å². The third-order valence-corrected chi connectivity index (χ3v) is 2.51. The van der Waals surface area contributed by atoms with Gasteiger partial charge in [-0.1, -0.05) is 11.6 Å². The third kappa shape index (κ3) is 4.24. The van der Waals surface area contributed by atoms with Crippen LogP contribution in [0.15, 0.2) is 18.2 Å². The van der Waals surface area contributed by atoms with Crippen molar-refractivity contribution in [2.45, 2.75) is 19.4 Å². The van der Waals surface area contributed by atoms with E-state index in [9.17, 15) is 4.79 Å². The van der Waals surface area contributed by atoms with Gasteiger partial charge in [-0.15, -0.1) is 0 Å². The average Bonchev–Trinajstić information content (AvgIpc) is 2.29. The van der Waals surface area contributed by atoms with Crippen molar-refractivity contribution in [3.8, 4) is 5.75 Å². The summed E-state index contributed by atoms with van der Waals surface area (Å²) in [6, 6.07) is 4.87. The molecule has 0 aromatic heterocycles. The van der Waals surface area contributed by atoms with E-state index in [-0.39, 0.29) is 25.0 Å². The highest BCUT2D eigenvalue weighted by Gasteiger charge is 2.11. The first kappa shape index (κ1) is 13.8. The van der Waals surface area contributed by atoms with Crippen LogP contribution in [0.4, 0.5) is 0 Å². The summed E-state index contributed by atoms with van der Waals surface area (Å²) in [7, 11) is 1.54. The summed E-state index contributed by atoms with van der Waals surface area (Å²) in [6.45, 7) is 1.64. The van der Waals surface area contributed by atoms with E-state index in [1.807, 2.05) is 0 Å². The van der Waals surface area contributed by atoms with Crippen LogP contribution in [-0.4, -0.2) is 30.8 Å². The number of carbonyl (C=O) groups is 1. The van der Waals surface area contributed by atoms with Gasteiger partial charge in [0.15, 0.2) is 0 Å². The second-order valence-electron chi connectivity index (χ2n) is 3.78. The smallest absolute Gasteiger partial charge is 0.224 e. The Bertz CT molecular complexity index is 395. The summed E-state index contributed by atoms with van der Waals surface area (Å²) in [5.41, 5.74) is 0.725. The minimum atomic E-state index is -0.257. The Morgan fingerprint density at radius 1 is 1.59 bits per heavy atom. The zero-order valence-electron chi connectivity index (χ0n) is 9.87. The first-order chi connectivity index (χ1) is 8.06. The molecule has 0 aliphatic heterocycles. The van der Waals surface area contributed by atoms with Crippen LogP contribution in [0.3, 0.4) is 0 Å². The van der Waals surface area contributed by atoms with Crippen molar-refractivity contribution < 1.29 is 14.6 Å². The normalized spacial score (nSPS) is 12.0. The van der Waals surface area contributed by atoms with E-state index in [0.29, 0.717) is 10.8 Å². The first-order valence-electron chi connectivity index (χ1n) is 5.29. The summed E-state index contributed by atoms with van der Waals surface area (Å²) in [5.74, 6) is 0.452. The number of hydrogen-bond acceptors (Lipinski definition) is 3. The Hall–Kier alpha value is -1.26. The van der Waals surface area contributed by atoms with Crippen molar-refractivity contribution in [2.24, 2.45) is 0 Å². The SMILES string of the molecule is COc1ccc(Cl)cc1CC(=O)N[C@@H](C)CO. The van der Waals surface area contributed by atoms with E-state index < -0.39 is 0 Å². The van der Waals surface area contributed by atoms with Crippen molar-refractivity contribution >= 4 is 17.5 Å². The largest absolute Gasteiger partial charge is 0.496 e. The monoisotopic (exact) mass is 257 g/mol. The van der Waals surface area contributed by atoms with E-state index in [1.165, 1.54) is 0 Å². The van der Waals surface area contributed by atoms with Crippen molar-refractivity contribution in [1.82, 2.24) is 5.32 Å². The predicted molar refractivity (Wildman–Crippen MR) is 66.4 cm³/mol. The van der Waals surface area contributed by atoms with Crippen LogP contribution in [0.5, 0.6) is 5.75 Å². The number of halogens is 1. The molecule has 0 spiro atoms. The zero-order valence-corrected chi connectivity index (χ0v) is 10.6. The van der Waals surface area contributed by atoms with Gasteiger partial charge in [0, 0.05) is 16.6 Å². The fourth-order valence-corrected chi connectivity index (χ4v) is 1.62. The minimum absolute atomic E-state index is 0.0849. The molecule has 0 unspecified atom stereocenters. The highest BCUT2D eigenvalue weighted by molar-refractivity contribution is 6.30. The maximum Gasteiger partial charge on any atom is 0.224 e. The number of benzene rings is 1. The number of rotatable bonds is 5. The van der Waals surface area contributed by atoms with Gasteiger partial charge in [0.25, 0.3) is 0 Å². The molecule has 2 N–H and O–H groups in total. The van der Waals surface area contributed by atoms with E-state index in [0.717, 1.165) is 5.56 Å². The molecule has 4 nitrogen and oxygen atoms in total. The van der Waals surface area contributed by atoms with Crippen molar-refractivity contribution in [1.29, 1.82) is 0 Å². The van der Waals surface area contributed by atoms with Gasteiger partial charge >= 0.3 is 0 Å². The molecule has 0 saturated carbocycles. The average molecular weight is 258 g/mol. The molecule has 94 valence electrons. The Balaban J connectivity index is 2.73. The molecule has 0 heterocycles. The molecule has 5 heteroatoms. The lowest BCUT2D eigenvalue weighted by Gasteiger charge is -2.12. The molecule has 0 fully saturated rings. The number of methoxy groups -OCH3 is 1. The number of aliphatic hydroxyl groups is 1. The fourth-order valence-electron chi connectivity index (χ4n) is 1.43. The van der Waals surface area contributed by atoms with E-state index in [4.69, 9.17) is 21.4 Å². The maximum absolute atomic E-state index is 11.6. The van der Waals surface area contributed by atoms with Crippen LogP contribution >= 0.6 is 11.6 Å². The Labute approximate surface area is 106 Å². The molecule has 0 radical (unpaired) electrons. The van der Waals surface area contributed by atoms with Crippen LogP contribution in [0.1, 0.15) is 12.5 Å². The molecule has 1 aromatic rings. The summed E-state index contributed by atoms with van der Waals surface area (Å²) < 4.78 is 5.14. The summed E-state index contributed by atoms with van der Waals surface area (Å²) >= 11 is 5.86. The van der Waals surface area contributed by atoms with Gasteiger partial charge in [0.05, 0.1) is 20.1 Å². The predicted octanol–water partition coefficient (Wildman–Crippen LogP) is 1.39.